The van der Waals surface area contributed by atoms with Gasteiger partial charge in [0.05, 0.1) is 6.54 Å². The number of anilines is 1. The first-order chi connectivity index (χ1) is 9.49. The first-order valence-corrected chi connectivity index (χ1v) is 7.03. The van der Waals surface area contributed by atoms with Gasteiger partial charge in [-0.25, -0.2) is 4.98 Å². The van der Waals surface area contributed by atoms with E-state index in [1.807, 2.05) is 18.2 Å². The van der Waals surface area contributed by atoms with Gasteiger partial charge < -0.3 is 15.1 Å². The van der Waals surface area contributed by atoms with Crippen LogP contribution in [0.2, 0.25) is 0 Å². The summed E-state index contributed by atoms with van der Waals surface area (Å²) in [6.07, 6.45) is 0. The number of nitrogen functional groups attached to an aromatic ring is 1. The number of oxazole rings is 1. The SMILES string of the molecule is CCN(Cc1nc2cc(N)ccc2o1)C(C)CN(C)C. The molecular weight excluding hydrogens is 252 g/mol. The van der Waals surface area contributed by atoms with E-state index in [9.17, 15) is 0 Å². The first-order valence-electron chi connectivity index (χ1n) is 7.03. The van der Waals surface area contributed by atoms with Crippen LogP contribution in [0.3, 0.4) is 0 Å². The average molecular weight is 276 g/mol. The molecule has 2 N–H and O–H groups in total. The number of aromatic nitrogens is 1. The van der Waals surface area contributed by atoms with E-state index in [1.54, 1.807) is 0 Å². The molecule has 1 atom stereocenters. The first kappa shape index (κ1) is 14.8. The minimum atomic E-state index is 0.454. The zero-order chi connectivity index (χ0) is 14.7. The molecule has 0 radical (unpaired) electrons. The summed E-state index contributed by atoms with van der Waals surface area (Å²) in [4.78, 5) is 9.07. The number of fused-ring (bicyclic) bond motifs is 1. The highest BCUT2D eigenvalue weighted by Crippen LogP contribution is 2.19. The van der Waals surface area contributed by atoms with Crippen LogP contribution < -0.4 is 5.73 Å². The third-order valence-electron chi connectivity index (χ3n) is 3.45. The van der Waals surface area contributed by atoms with E-state index in [4.69, 9.17) is 10.2 Å². The monoisotopic (exact) mass is 276 g/mol. The van der Waals surface area contributed by atoms with Gasteiger partial charge in [0, 0.05) is 18.3 Å². The van der Waals surface area contributed by atoms with Crippen molar-refractivity contribution in [1.82, 2.24) is 14.8 Å². The largest absolute Gasteiger partial charge is 0.439 e. The number of rotatable bonds is 6. The third kappa shape index (κ3) is 3.49. The molecule has 20 heavy (non-hydrogen) atoms. The van der Waals surface area contributed by atoms with Crippen LogP contribution in [0.4, 0.5) is 5.69 Å². The van der Waals surface area contributed by atoms with Gasteiger partial charge in [-0.3, -0.25) is 4.90 Å². The fourth-order valence-electron chi connectivity index (χ4n) is 2.46. The molecule has 2 rings (SSSR count). The van der Waals surface area contributed by atoms with Crippen molar-refractivity contribution >= 4 is 16.8 Å². The molecule has 0 aliphatic heterocycles. The molecule has 1 heterocycles. The Hall–Kier alpha value is -1.59. The second kappa shape index (κ2) is 6.24. The van der Waals surface area contributed by atoms with Crippen LogP contribution in [-0.2, 0) is 6.54 Å². The van der Waals surface area contributed by atoms with Crippen molar-refractivity contribution in [1.29, 1.82) is 0 Å². The molecule has 1 aromatic heterocycles. The molecule has 1 unspecified atom stereocenters. The van der Waals surface area contributed by atoms with Gasteiger partial charge in [0.1, 0.15) is 5.52 Å². The van der Waals surface area contributed by atoms with E-state index in [0.29, 0.717) is 11.7 Å². The number of benzene rings is 1. The highest BCUT2D eigenvalue weighted by molar-refractivity contribution is 5.76. The zero-order valence-corrected chi connectivity index (χ0v) is 12.8. The Bertz CT molecular complexity index is 564. The number of nitrogens with two attached hydrogens (primary N) is 1. The summed E-state index contributed by atoms with van der Waals surface area (Å²) < 4.78 is 5.79. The molecule has 0 fully saturated rings. The predicted octanol–water partition coefficient (Wildman–Crippen LogP) is 2.18. The van der Waals surface area contributed by atoms with Crippen molar-refractivity contribution in [3.8, 4) is 0 Å². The lowest BCUT2D eigenvalue weighted by atomic mass is 10.2. The zero-order valence-electron chi connectivity index (χ0n) is 12.8. The van der Waals surface area contributed by atoms with Crippen LogP contribution >= 0.6 is 0 Å². The molecule has 0 amide bonds. The Kier molecular flexibility index (Phi) is 4.62. The summed E-state index contributed by atoms with van der Waals surface area (Å²) in [7, 11) is 4.18. The van der Waals surface area contributed by atoms with Gasteiger partial charge in [0.25, 0.3) is 0 Å². The Morgan fingerprint density at radius 2 is 2.10 bits per heavy atom. The molecule has 5 nitrogen and oxygen atoms in total. The van der Waals surface area contributed by atoms with Crippen LogP contribution in [0.15, 0.2) is 22.6 Å². The van der Waals surface area contributed by atoms with E-state index in [0.717, 1.165) is 36.6 Å². The molecule has 0 bridgehead atoms. The van der Waals surface area contributed by atoms with E-state index in [1.165, 1.54) is 0 Å². The fourth-order valence-corrected chi connectivity index (χ4v) is 2.46. The van der Waals surface area contributed by atoms with Gasteiger partial charge in [-0.05, 0) is 45.8 Å². The normalized spacial score (nSPS) is 13.5. The Labute approximate surface area is 120 Å². The number of hydrogen-bond acceptors (Lipinski definition) is 5. The van der Waals surface area contributed by atoms with E-state index in [-0.39, 0.29) is 0 Å². The molecule has 110 valence electrons. The van der Waals surface area contributed by atoms with Gasteiger partial charge in [-0.2, -0.15) is 0 Å². The summed E-state index contributed by atoms with van der Waals surface area (Å²) in [5.74, 6) is 0.748. The predicted molar refractivity (Wildman–Crippen MR) is 82.5 cm³/mol. The molecule has 0 aliphatic rings. The third-order valence-corrected chi connectivity index (χ3v) is 3.45. The highest BCUT2D eigenvalue weighted by Gasteiger charge is 2.16. The Morgan fingerprint density at radius 1 is 1.35 bits per heavy atom. The van der Waals surface area contributed by atoms with Crippen molar-refractivity contribution in [3.63, 3.8) is 0 Å². The minimum Gasteiger partial charge on any atom is -0.439 e. The standard InChI is InChI=1S/C15H24N4O/c1-5-19(11(2)9-18(3)4)10-15-17-13-8-12(16)6-7-14(13)20-15/h6-8,11H,5,9-10,16H2,1-4H3. The second-order valence-corrected chi connectivity index (χ2v) is 5.51. The van der Waals surface area contributed by atoms with Crippen molar-refractivity contribution in [2.24, 2.45) is 0 Å². The van der Waals surface area contributed by atoms with Crippen molar-refractivity contribution in [2.75, 3.05) is 32.9 Å². The van der Waals surface area contributed by atoms with Crippen LogP contribution in [0.1, 0.15) is 19.7 Å². The lowest BCUT2D eigenvalue weighted by Crippen LogP contribution is -2.39. The molecule has 0 saturated carbocycles. The lowest BCUT2D eigenvalue weighted by Gasteiger charge is -2.28. The lowest BCUT2D eigenvalue weighted by molar-refractivity contribution is 0.161. The van der Waals surface area contributed by atoms with Crippen molar-refractivity contribution < 1.29 is 4.42 Å². The summed E-state index contributed by atoms with van der Waals surface area (Å²) in [5.41, 5.74) is 8.11. The number of nitrogens with zero attached hydrogens (tertiary/aromatic N) is 3. The maximum absolute atomic E-state index is 5.79. The van der Waals surface area contributed by atoms with Gasteiger partial charge in [0.15, 0.2) is 5.58 Å². The summed E-state index contributed by atoms with van der Waals surface area (Å²) in [6, 6.07) is 6.02. The Morgan fingerprint density at radius 3 is 2.75 bits per heavy atom. The van der Waals surface area contributed by atoms with Crippen LogP contribution in [0.25, 0.3) is 11.1 Å². The van der Waals surface area contributed by atoms with Gasteiger partial charge >= 0.3 is 0 Å². The molecule has 0 spiro atoms. The molecule has 1 aromatic carbocycles. The van der Waals surface area contributed by atoms with Gasteiger partial charge in [-0.1, -0.05) is 6.92 Å². The van der Waals surface area contributed by atoms with Crippen molar-refractivity contribution in [3.05, 3.63) is 24.1 Å². The summed E-state index contributed by atoms with van der Waals surface area (Å²) in [5, 5.41) is 0. The molecule has 2 aromatic rings. The maximum Gasteiger partial charge on any atom is 0.209 e. The average Bonchev–Trinajstić information content (AvgIpc) is 2.76. The van der Waals surface area contributed by atoms with Crippen LogP contribution in [-0.4, -0.2) is 48.0 Å². The topological polar surface area (TPSA) is 58.5 Å². The smallest absolute Gasteiger partial charge is 0.209 e. The molecular formula is C15H24N4O. The van der Waals surface area contributed by atoms with Crippen LogP contribution in [0.5, 0.6) is 0 Å². The van der Waals surface area contributed by atoms with Gasteiger partial charge in [-0.15, -0.1) is 0 Å². The Balaban J connectivity index is 2.12. The number of hydrogen-bond donors (Lipinski definition) is 1. The number of likely N-dealkylation sites (N-methyl/N-ethyl adjacent to an activating group) is 2. The van der Waals surface area contributed by atoms with E-state index in [2.05, 4.69) is 42.7 Å². The summed E-state index contributed by atoms with van der Waals surface area (Å²) >= 11 is 0. The van der Waals surface area contributed by atoms with Crippen LogP contribution in [0, 0.1) is 0 Å². The van der Waals surface area contributed by atoms with Gasteiger partial charge in [0.2, 0.25) is 5.89 Å². The fraction of sp³-hybridized carbons (Fsp3) is 0.533. The summed E-state index contributed by atoms with van der Waals surface area (Å²) in [6.45, 7) is 7.09. The highest BCUT2D eigenvalue weighted by atomic mass is 16.3. The quantitative estimate of drug-likeness (QED) is 0.820. The molecule has 5 heteroatoms. The maximum atomic E-state index is 5.79. The minimum absolute atomic E-state index is 0.454. The molecule has 0 aliphatic carbocycles. The van der Waals surface area contributed by atoms with E-state index < -0.39 is 0 Å². The van der Waals surface area contributed by atoms with Crippen molar-refractivity contribution in [2.45, 2.75) is 26.4 Å². The second-order valence-electron chi connectivity index (χ2n) is 5.51. The van der Waals surface area contributed by atoms with E-state index >= 15 is 0 Å². The molecule has 0 saturated heterocycles.